The maximum Gasteiger partial charge on any atom is 0.320 e. The molecular weight excluding hydrogens is 253 g/mol. The van der Waals surface area contributed by atoms with Gasteiger partial charge in [-0.3, -0.25) is 4.79 Å². The van der Waals surface area contributed by atoms with E-state index in [1.54, 1.807) is 6.07 Å². The van der Waals surface area contributed by atoms with Gasteiger partial charge in [0.2, 0.25) is 0 Å². The Labute approximate surface area is 88.9 Å². The number of rotatable bonds is 3. The van der Waals surface area contributed by atoms with Crippen molar-refractivity contribution < 1.29 is 14.3 Å². The lowest BCUT2D eigenvalue weighted by atomic mass is 10.1. The van der Waals surface area contributed by atoms with Crippen molar-refractivity contribution in [3.8, 4) is 0 Å². The van der Waals surface area contributed by atoms with Crippen molar-refractivity contribution in [2.24, 2.45) is 5.73 Å². The Morgan fingerprint density at radius 2 is 2.29 bits per heavy atom. The molecule has 1 rings (SSSR count). The van der Waals surface area contributed by atoms with Crippen LogP contribution in [0.1, 0.15) is 5.56 Å². The fraction of sp³-hybridized carbons (Fsp3) is 0.222. The van der Waals surface area contributed by atoms with Crippen LogP contribution in [0.4, 0.5) is 4.39 Å². The highest BCUT2D eigenvalue weighted by molar-refractivity contribution is 9.10. The highest BCUT2D eigenvalue weighted by Crippen LogP contribution is 2.21. The molecule has 3 nitrogen and oxygen atoms in total. The van der Waals surface area contributed by atoms with Gasteiger partial charge in [-0.15, -0.1) is 0 Å². The quantitative estimate of drug-likeness (QED) is 0.868. The third-order valence-corrected chi connectivity index (χ3v) is 2.68. The number of carboxylic acids is 1. The van der Waals surface area contributed by atoms with E-state index in [1.807, 2.05) is 0 Å². The molecule has 14 heavy (non-hydrogen) atoms. The Morgan fingerprint density at radius 1 is 1.64 bits per heavy atom. The Hall–Kier alpha value is -0.940. The molecule has 5 heteroatoms. The molecule has 0 unspecified atom stereocenters. The zero-order chi connectivity index (χ0) is 10.7. The fourth-order valence-electron chi connectivity index (χ4n) is 1.03. The summed E-state index contributed by atoms with van der Waals surface area (Å²) in [4.78, 5) is 10.5. The number of halogens is 2. The van der Waals surface area contributed by atoms with Gasteiger partial charge in [0.1, 0.15) is 11.9 Å². The van der Waals surface area contributed by atoms with Crippen molar-refractivity contribution >= 4 is 21.9 Å². The van der Waals surface area contributed by atoms with Gasteiger partial charge in [-0.2, -0.15) is 0 Å². The van der Waals surface area contributed by atoms with Crippen molar-refractivity contribution in [2.45, 2.75) is 12.5 Å². The Bertz CT molecular complexity index is 357. The minimum absolute atomic E-state index is 0.105. The van der Waals surface area contributed by atoms with E-state index < -0.39 is 17.8 Å². The van der Waals surface area contributed by atoms with Gasteiger partial charge in [0.05, 0.1) is 4.47 Å². The molecule has 0 spiro atoms. The molecule has 0 radical (unpaired) electrons. The van der Waals surface area contributed by atoms with E-state index in [9.17, 15) is 9.18 Å². The van der Waals surface area contributed by atoms with Crippen LogP contribution in [0.15, 0.2) is 22.7 Å². The van der Waals surface area contributed by atoms with E-state index in [0.29, 0.717) is 5.56 Å². The van der Waals surface area contributed by atoms with Crippen molar-refractivity contribution in [3.05, 3.63) is 34.1 Å². The smallest absolute Gasteiger partial charge is 0.320 e. The summed E-state index contributed by atoms with van der Waals surface area (Å²) in [5.41, 5.74) is 5.88. The second-order valence-electron chi connectivity index (χ2n) is 2.86. The molecule has 0 aliphatic carbocycles. The van der Waals surface area contributed by atoms with Crippen LogP contribution in [0.2, 0.25) is 0 Å². The van der Waals surface area contributed by atoms with Crippen molar-refractivity contribution in [1.29, 1.82) is 0 Å². The van der Waals surface area contributed by atoms with E-state index in [0.717, 1.165) is 0 Å². The third-order valence-electron chi connectivity index (χ3n) is 1.79. The zero-order valence-corrected chi connectivity index (χ0v) is 8.79. The van der Waals surface area contributed by atoms with Crippen LogP contribution in [0.25, 0.3) is 0 Å². The van der Waals surface area contributed by atoms with Gasteiger partial charge in [0.25, 0.3) is 0 Å². The molecule has 0 amide bonds. The van der Waals surface area contributed by atoms with Crippen LogP contribution >= 0.6 is 15.9 Å². The van der Waals surface area contributed by atoms with E-state index >= 15 is 0 Å². The summed E-state index contributed by atoms with van der Waals surface area (Å²) in [6, 6.07) is 3.44. The van der Waals surface area contributed by atoms with Gasteiger partial charge in [-0.25, -0.2) is 4.39 Å². The summed E-state index contributed by atoms with van der Waals surface area (Å²) in [6.07, 6.45) is 0.105. The number of aliphatic carboxylic acids is 1. The molecule has 1 aromatic rings. The van der Waals surface area contributed by atoms with Crippen LogP contribution in [0.5, 0.6) is 0 Å². The minimum atomic E-state index is -1.10. The lowest BCUT2D eigenvalue weighted by molar-refractivity contribution is -0.138. The molecule has 0 aliphatic rings. The van der Waals surface area contributed by atoms with E-state index in [4.69, 9.17) is 10.8 Å². The predicted molar refractivity (Wildman–Crippen MR) is 53.4 cm³/mol. The van der Waals surface area contributed by atoms with Crippen LogP contribution in [0.3, 0.4) is 0 Å². The Morgan fingerprint density at radius 3 is 2.86 bits per heavy atom. The average Bonchev–Trinajstić information content (AvgIpc) is 2.12. The topological polar surface area (TPSA) is 63.3 Å². The van der Waals surface area contributed by atoms with E-state index in [2.05, 4.69) is 15.9 Å². The van der Waals surface area contributed by atoms with Crippen LogP contribution in [-0.2, 0) is 11.2 Å². The van der Waals surface area contributed by atoms with Gasteiger partial charge in [0.15, 0.2) is 0 Å². The summed E-state index contributed by atoms with van der Waals surface area (Å²) in [5, 5.41) is 8.57. The van der Waals surface area contributed by atoms with Gasteiger partial charge in [-0.1, -0.05) is 12.1 Å². The maximum absolute atomic E-state index is 13.0. The highest BCUT2D eigenvalue weighted by atomic mass is 79.9. The van der Waals surface area contributed by atoms with E-state index in [1.165, 1.54) is 12.1 Å². The molecule has 76 valence electrons. The standard InChI is InChI=1S/C9H9BrFNO2/c10-8-5(2-1-3-6(8)11)4-7(12)9(13)14/h1-3,7H,4,12H2,(H,13,14)/t7-/m1/s1. The predicted octanol–water partition coefficient (Wildman–Crippen LogP) is 1.54. The molecule has 1 aromatic carbocycles. The molecule has 0 aliphatic heterocycles. The number of benzene rings is 1. The first kappa shape index (κ1) is 11.1. The molecule has 3 N–H and O–H groups in total. The van der Waals surface area contributed by atoms with Crippen LogP contribution < -0.4 is 5.73 Å². The first-order valence-electron chi connectivity index (χ1n) is 3.93. The molecular formula is C9H9BrFNO2. The molecule has 0 fully saturated rings. The highest BCUT2D eigenvalue weighted by Gasteiger charge is 2.14. The monoisotopic (exact) mass is 261 g/mol. The Kier molecular flexibility index (Phi) is 3.60. The lowest BCUT2D eigenvalue weighted by Crippen LogP contribution is -2.32. The molecule has 1 atom stereocenters. The average molecular weight is 262 g/mol. The molecule has 0 aromatic heterocycles. The lowest BCUT2D eigenvalue weighted by Gasteiger charge is -2.08. The first-order valence-corrected chi connectivity index (χ1v) is 4.73. The second-order valence-corrected chi connectivity index (χ2v) is 3.65. The van der Waals surface area contributed by atoms with Gasteiger partial charge < -0.3 is 10.8 Å². The largest absolute Gasteiger partial charge is 0.480 e. The molecule has 0 heterocycles. The molecule has 0 saturated heterocycles. The Balaban J connectivity index is 2.87. The van der Waals surface area contributed by atoms with Crippen LogP contribution in [-0.4, -0.2) is 17.1 Å². The third kappa shape index (κ3) is 2.52. The fourth-order valence-corrected chi connectivity index (χ4v) is 1.46. The summed E-state index contributed by atoms with van der Waals surface area (Å²) < 4.78 is 13.3. The van der Waals surface area contributed by atoms with Crippen LogP contribution in [0, 0.1) is 5.82 Å². The first-order chi connectivity index (χ1) is 6.52. The number of hydrogen-bond acceptors (Lipinski definition) is 2. The zero-order valence-electron chi connectivity index (χ0n) is 7.21. The maximum atomic E-state index is 13.0. The van der Waals surface area contributed by atoms with E-state index in [-0.39, 0.29) is 10.9 Å². The normalized spacial score (nSPS) is 12.5. The van der Waals surface area contributed by atoms with Crippen molar-refractivity contribution in [2.75, 3.05) is 0 Å². The van der Waals surface area contributed by atoms with Gasteiger partial charge in [0, 0.05) is 0 Å². The summed E-state index contributed by atoms with van der Waals surface area (Å²) in [6.45, 7) is 0. The number of carboxylic acid groups (broad SMARTS) is 1. The summed E-state index contributed by atoms with van der Waals surface area (Å²) in [7, 11) is 0. The summed E-state index contributed by atoms with van der Waals surface area (Å²) >= 11 is 3.03. The summed E-state index contributed by atoms with van der Waals surface area (Å²) in [5.74, 6) is -1.51. The number of hydrogen-bond donors (Lipinski definition) is 2. The van der Waals surface area contributed by atoms with Gasteiger partial charge in [-0.05, 0) is 34.0 Å². The number of carbonyl (C=O) groups is 1. The van der Waals surface area contributed by atoms with Crippen molar-refractivity contribution in [1.82, 2.24) is 0 Å². The molecule has 0 bridgehead atoms. The second kappa shape index (κ2) is 4.52. The molecule has 0 saturated carbocycles. The SMILES string of the molecule is N[C@H](Cc1cccc(F)c1Br)C(=O)O. The minimum Gasteiger partial charge on any atom is -0.480 e. The number of nitrogens with two attached hydrogens (primary N) is 1. The van der Waals surface area contributed by atoms with Crippen molar-refractivity contribution in [3.63, 3.8) is 0 Å². The van der Waals surface area contributed by atoms with Gasteiger partial charge >= 0.3 is 5.97 Å².